The number of rotatable bonds is 4. The van der Waals surface area contributed by atoms with Gasteiger partial charge in [0.15, 0.2) is 0 Å². The van der Waals surface area contributed by atoms with Gasteiger partial charge in [-0.15, -0.1) is 10.2 Å². The molecule has 0 spiro atoms. The van der Waals surface area contributed by atoms with E-state index in [2.05, 4.69) is 42.4 Å². The maximum absolute atomic E-state index is 5.19. The molecule has 4 heteroatoms. The van der Waals surface area contributed by atoms with Crippen molar-refractivity contribution < 1.29 is 4.42 Å². The maximum Gasteiger partial charge on any atom is 0.247 e. The van der Waals surface area contributed by atoms with Crippen LogP contribution < -0.4 is 5.32 Å². The molecule has 2 rings (SSSR count). The molecule has 0 amide bonds. The molecule has 1 heterocycles. The van der Waals surface area contributed by atoms with E-state index in [4.69, 9.17) is 4.42 Å². The molecule has 1 aromatic carbocycles. The van der Waals surface area contributed by atoms with Crippen LogP contribution in [0.2, 0.25) is 0 Å². The van der Waals surface area contributed by atoms with Crippen molar-refractivity contribution in [2.24, 2.45) is 5.92 Å². The summed E-state index contributed by atoms with van der Waals surface area (Å²) in [6, 6.07) is 6.09. The molecule has 0 saturated carbocycles. The Balaban J connectivity index is 2.23. The Morgan fingerprint density at radius 2 is 2.18 bits per heavy atom. The van der Waals surface area contributed by atoms with E-state index in [1.165, 1.54) is 12.0 Å². The first kappa shape index (κ1) is 11.6. The van der Waals surface area contributed by atoms with Crippen LogP contribution in [0.4, 0.5) is 5.69 Å². The summed E-state index contributed by atoms with van der Waals surface area (Å²) in [5, 5.41) is 11.0. The first-order valence-corrected chi connectivity index (χ1v) is 5.78. The van der Waals surface area contributed by atoms with E-state index in [0.717, 1.165) is 17.8 Å². The lowest BCUT2D eigenvalue weighted by Gasteiger charge is -2.12. The quantitative estimate of drug-likeness (QED) is 0.878. The monoisotopic (exact) mass is 231 g/mol. The molecule has 0 fully saturated rings. The van der Waals surface area contributed by atoms with Crippen molar-refractivity contribution in [3.8, 4) is 11.5 Å². The first-order valence-electron chi connectivity index (χ1n) is 5.78. The smallest absolute Gasteiger partial charge is 0.247 e. The second-order valence-electron chi connectivity index (χ2n) is 4.55. The molecule has 0 aliphatic heterocycles. The number of anilines is 1. The van der Waals surface area contributed by atoms with Crippen molar-refractivity contribution in [1.29, 1.82) is 0 Å². The second-order valence-corrected chi connectivity index (χ2v) is 4.55. The number of hydrogen-bond acceptors (Lipinski definition) is 4. The van der Waals surface area contributed by atoms with Crippen molar-refractivity contribution in [2.75, 3.05) is 11.9 Å². The van der Waals surface area contributed by atoms with Crippen LogP contribution in [0.3, 0.4) is 0 Å². The largest absolute Gasteiger partial charge is 0.423 e. The lowest BCUT2D eigenvalue weighted by molar-refractivity contribution is 0.568. The standard InChI is InChI=1S/C13H17N3O/c1-9(2)7-14-12-6-11(5-4-10(12)3)13-16-15-8-17-13/h4-6,8-9,14H,7H2,1-3H3. The summed E-state index contributed by atoms with van der Waals surface area (Å²) in [7, 11) is 0. The third-order valence-corrected chi connectivity index (χ3v) is 2.55. The van der Waals surface area contributed by atoms with Gasteiger partial charge in [0.05, 0.1) is 0 Å². The highest BCUT2D eigenvalue weighted by Gasteiger charge is 2.06. The van der Waals surface area contributed by atoms with Gasteiger partial charge in [-0.3, -0.25) is 0 Å². The van der Waals surface area contributed by atoms with Gasteiger partial charge >= 0.3 is 0 Å². The summed E-state index contributed by atoms with van der Waals surface area (Å²) in [4.78, 5) is 0. The van der Waals surface area contributed by atoms with Crippen LogP contribution >= 0.6 is 0 Å². The van der Waals surface area contributed by atoms with E-state index in [-0.39, 0.29) is 0 Å². The van der Waals surface area contributed by atoms with E-state index < -0.39 is 0 Å². The molecular formula is C13H17N3O. The zero-order valence-corrected chi connectivity index (χ0v) is 10.4. The minimum atomic E-state index is 0.553. The van der Waals surface area contributed by atoms with E-state index in [9.17, 15) is 0 Å². The van der Waals surface area contributed by atoms with Gasteiger partial charge in [-0.05, 0) is 30.5 Å². The van der Waals surface area contributed by atoms with Crippen LogP contribution in [0.5, 0.6) is 0 Å². The number of benzene rings is 1. The lowest BCUT2D eigenvalue weighted by atomic mass is 10.1. The predicted molar refractivity (Wildman–Crippen MR) is 67.8 cm³/mol. The predicted octanol–water partition coefficient (Wildman–Crippen LogP) is 3.11. The number of nitrogens with zero attached hydrogens (tertiary/aromatic N) is 2. The Kier molecular flexibility index (Phi) is 3.42. The Bertz CT molecular complexity index is 477. The first-order chi connectivity index (χ1) is 8.16. The van der Waals surface area contributed by atoms with Crippen LogP contribution in [0.1, 0.15) is 19.4 Å². The molecule has 0 radical (unpaired) electrons. The third-order valence-electron chi connectivity index (χ3n) is 2.55. The van der Waals surface area contributed by atoms with Crippen LogP contribution in [0.15, 0.2) is 29.0 Å². The fourth-order valence-electron chi connectivity index (χ4n) is 1.56. The minimum absolute atomic E-state index is 0.553. The Labute approximate surface area is 101 Å². The van der Waals surface area contributed by atoms with Crippen LogP contribution in [0.25, 0.3) is 11.5 Å². The van der Waals surface area contributed by atoms with Crippen molar-refractivity contribution in [3.05, 3.63) is 30.2 Å². The number of aryl methyl sites for hydroxylation is 1. The van der Waals surface area contributed by atoms with Crippen molar-refractivity contribution in [1.82, 2.24) is 10.2 Å². The van der Waals surface area contributed by atoms with Gasteiger partial charge in [-0.2, -0.15) is 0 Å². The average molecular weight is 231 g/mol. The highest BCUT2D eigenvalue weighted by molar-refractivity contribution is 5.64. The Morgan fingerprint density at radius 1 is 1.35 bits per heavy atom. The zero-order chi connectivity index (χ0) is 12.3. The Hall–Kier alpha value is -1.84. The number of aromatic nitrogens is 2. The van der Waals surface area contributed by atoms with E-state index in [1.54, 1.807) is 0 Å². The van der Waals surface area contributed by atoms with Crippen molar-refractivity contribution in [2.45, 2.75) is 20.8 Å². The third kappa shape index (κ3) is 2.84. The fourth-order valence-corrected chi connectivity index (χ4v) is 1.56. The van der Waals surface area contributed by atoms with E-state index in [0.29, 0.717) is 11.8 Å². The zero-order valence-electron chi connectivity index (χ0n) is 10.4. The highest BCUT2D eigenvalue weighted by atomic mass is 16.4. The molecule has 0 saturated heterocycles. The summed E-state index contributed by atoms with van der Waals surface area (Å²) < 4.78 is 5.19. The summed E-state index contributed by atoms with van der Waals surface area (Å²) in [5.41, 5.74) is 3.28. The van der Waals surface area contributed by atoms with Gasteiger partial charge < -0.3 is 9.73 Å². The van der Waals surface area contributed by atoms with E-state index in [1.807, 2.05) is 12.1 Å². The molecule has 0 aliphatic rings. The van der Waals surface area contributed by atoms with Crippen LogP contribution in [-0.4, -0.2) is 16.7 Å². The lowest BCUT2D eigenvalue weighted by Crippen LogP contribution is -2.08. The van der Waals surface area contributed by atoms with Gasteiger partial charge in [-0.1, -0.05) is 19.9 Å². The highest BCUT2D eigenvalue weighted by Crippen LogP contribution is 2.23. The van der Waals surface area contributed by atoms with Crippen molar-refractivity contribution >= 4 is 5.69 Å². The summed E-state index contributed by atoms with van der Waals surface area (Å²) in [5.74, 6) is 1.17. The van der Waals surface area contributed by atoms with E-state index >= 15 is 0 Å². The maximum atomic E-state index is 5.19. The molecule has 1 aromatic heterocycles. The molecule has 0 bridgehead atoms. The molecule has 90 valence electrons. The molecule has 0 aliphatic carbocycles. The van der Waals surface area contributed by atoms with Crippen LogP contribution in [0, 0.1) is 12.8 Å². The SMILES string of the molecule is Cc1ccc(-c2nnco2)cc1NCC(C)C. The summed E-state index contributed by atoms with van der Waals surface area (Å²) in [6.07, 6.45) is 1.34. The van der Waals surface area contributed by atoms with Gasteiger partial charge in [0.2, 0.25) is 12.3 Å². The molecule has 4 nitrogen and oxygen atoms in total. The summed E-state index contributed by atoms with van der Waals surface area (Å²) in [6.45, 7) is 7.41. The molecule has 17 heavy (non-hydrogen) atoms. The molecule has 2 aromatic rings. The van der Waals surface area contributed by atoms with Gasteiger partial charge in [-0.25, -0.2) is 0 Å². The van der Waals surface area contributed by atoms with Crippen LogP contribution in [-0.2, 0) is 0 Å². The van der Waals surface area contributed by atoms with Gasteiger partial charge in [0.1, 0.15) is 0 Å². The fraction of sp³-hybridized carbons (Fsp3) is 0.385. The van der Waals surface area contributed by atoms with Gasteiger partial charge in [0.25, 0.3) is 0 Å². The minimum Gasteiger partial charge on any atom is -0.423 e. The molecule has 1 N–H and O–H groups in total. The topological polar surface area (TPSA) is 51.0 Å². The molecular weight excluding hydrogens is 214 g/mol. The van der Waals surface area contributed by atoms with Crippen molar-refractivity contribution in [3.63, 3.8) is 0 Å². The van der Waals surface area contributed by atoms with Gasteiger partial charge in [0, 0.05) is 17.8 Å². The molecule has 0 unspecified atom stereocenters. The second kappa shape index (κ2) is 4.99. The average Bonchev–Trinajstić information content (AvgIpc) is 2.81. The number of nitrogens with one attached hydrogen (secondary N) is 1. The number of hydrogen-bond donors (Lipinski definition) is 1. The normalized spacial score (nSPS) is 10.8. The summed E-state index contributed by atoms with van der Waals surface area (Å²) >= 11 is 0. The Morgan fingerprint density at radius 3 is 2.82 bits per heavy atom. The molecule has 0 atom stereocenters.